The minimum absolute atomic E-state index is 0.0504. The Morgan fingerprint density at radius 1 is 0.963 bits per heavy atom. The maximum absolute atomic E-state index is 13.1. The first-order chi connectivity index (χ1) is 13.3. The molecule has 0 saturated heterocycles. The van der Waals surface area contributed by atoms with E-state index in [1.54, 1.807) is 11.3 Å². The van der Waals surface area contributed by atoms with Gasteiger partial charge in [-0.3, -0.25) is 4.79 Å². The van der Waals surface area contributed by atoms with Crippen LogP contribution in [0, 0.1) is 0 Å². The number of carbonyl (C=O) groups excluding carboxylic acids is 1. The van der Waals surface area contributed by atoms with Crippen molar-refractivity contribution in [2.75, 3.05) is 19.8 Å². The van der Waals surface area contributed by atoms with Crippen LogP contribution in [0.25, 0.3) is 0 Å². The molecule has 3 rings (SSSR count). The Hall–Kier alpha value is -2.47. The highest BCUT2D eigenvalue weighted by molar-refractivity contribution is 7.07. The molecule has 140 valence electrons. The van der Waals surface area contributed by atoms with Gasteiger partial charge in [0.15, 0.2) is 0 Å². The highest BCUT2D eigenvalue weighted by Crippen LogP contribution is 2.25. The molecule has 0 aliphatic carbocycles. The van der Waals surface area contributed by atoms with Crippen molar-refractivity contribution in [2.24, 2.45) is 0 Å². The summed E-state index contributed by atoms with van der Waals surface area (Å²) in [5.41, 5.74) is 2.90. The van der Waals surface area contributed by atoms with E-state index in [1.165, 1.54) is 0 Å². The predicted octanol–water partition coefficient (Wildman–Crippen LogP) is 3.75. The lowest BCUT2D eigenvalue weighted by molar-refractivity contribution is -0.122. The number of thiophene rings is 1. The lowest BCUT2D eigenvalue weighted by Crippen LogP contribution is -2.34. The third-order valence-electron chi connectivity index (χ3n) is 4.31. The van der Waals surface area contributed by atoms with Gasteiger partial charge in [0.1, 0.15) is 6.10 Å². The average Bonchev–Trinajstić information content (AvgIpc) is 3.24. The van der Waals surface area contributed by atoms with E-state index in [2.05, 4.69) is 5.32 Å². The Morgan fingerprint density at radius 3 is 2.11 bits per heavy atom. The molecular formula is C22H23NO3S. The number of benzene rings is 2. The number of ether oxygens (including phenoxy) is 1. The van der Waals surface area contributed by atoms with E-state index in [4.69, 9.17) is 9.84 Å². The monoisotopic (exact) mass is 381 g/mol. The van der Waals surface area contributed by atoms with Crippen molar-refractivity contribution >= 4 is 17.2 Å². The molecule has 0 radical (unpaired) electrons. The molecule has 1 unspecified atom stereocenters. The molecular weight excluding hydrogens is 358 g/mol. The van der Waals surface area contributed by atoms with Crippen molar-refractivity contribution in [1.82, 2.24) is 5.32 Å². The Morgan fingerprint density at radius 2 is 1.59 bits per heavy atom. The normalized spacial score (nSPS) is 12.1. The van der Waals surface area contributed by atoms with Crippen molar-refractivity contribution < 1.29 is 14.6 Å². The summed E-state index contributed by atoms with van der Waals surface area (Å²) in [7, 11) is 0. The third kappa shape index (κ3) is 5.26. The Labute approximate surface area is 163 Å². The van der Waals surface area contributed by atoms with Crippen LogP contribution >= 0.6 is 11.3 Å². The van der Waals surface area contributed by atoms with Crippen LogP contribution in [0.1, 0.15) is 28.7 Å². The van der Waals surface area contributed by atoms with Crippen LogP contribution in [0.15, 0.2) is 77.5 Å². The van der Waals surface area contributed by atoms with Gasteiger partial charge in [-0.1, -0.05) is 60.7 Å². The minimum Gasteiger partial charge on any atom is -0.394 e. The van der Waals surface area contributed by atoms with Crippen molar-refractivity contribution in [2.45, 2.75) is 12.0 Å². The summed E-state index contributed by atoms with van der Waals surface area (Å²) in [6.07, 6.45) is -0.278. The lowest BCUT2D eigenvalue weighted by atomic mass is 9.90. The van der Waals surface area contributed by atoms with Gasteiger partial charge in [-0.2, -0.15) is 11.3 Å². The lowest BCUT2D eigenvalue weighted by Gasteiger charge is -2.21. The Bertz CT molecular complexity index is 767. The second-order valence-corrected chi connectivity index (χ2v) is 6.92. The highest BCUT2D eigenvalue weighted by atomic mass is 32.1. The molecule has 0 bridgehead atoms. The van der Waals surface area contributed by atoms with Crippen LogP contribution in [0.4, 0.5) is 0 Å². The number of hydrogen-bond donors (Lipinski definition) is 2. The molecule has 1 atom stereocenters. The number of aliphatic hydroxyl groups excluding tert-OH is 1. The summed E-state index contributed by atoms with van der Waals surface area (Å²) in [6.45, 7) is 0.536. The van der Waals surface area contributed by atoms with Gasteiger partial charge in [-0.15, -0.1) is 0 Å². The molecule has 0 aliphatic heterocycles. The molecule has 1 aromatic heterocycles. The van der Waals surface area contributed by atoms with Gasteiger partial charge in [0.05, 0.1) is 19.1 Å². The molecule has 3 aromatic rings. The van der Waals surface area contributed by atoms with Crippen LogP contribution in [0.2, 0.25) is 0 Å². The zero-order chi connectivity index (χ0) is 18.9. The van der Waals surface area contributed by atoms with Crippen molar-refractivity contribution in [1.29, 1.82) is 0 Å². The zero-order valence-electron chi connectivity index (χ0n) is 15.0. The maximum Gasteiger partial charge on any atom is 0.232 e. The Balaban J connectivity index is 1.76. The van der Waals surface area contributed by atoms with Crippen LogP contribution in [0.3, 0.4) is 0 Å². The second-order valence-electron chi connectivity index (χ2n) is 6.14. The molecule has 0 fully saturated rings. The van der Waals surface area contributed by atoms with Gasteiger partial charge in [-0.25, -0.2) is 0 Å². The quantitative estimate of drug-likeness (QED) is 0.594. The fraction of sp³-hybridized carbons (Fsp3) is 0.227. The smallest absolute Gasteiger partial charge is 0.232 e. The minimum atomic E-state index is -0.381. The molecule has 5 heteroatoms. The predicted molar refractivity (Wildman–Crippen MR) is 108 cm³/mol. The van der Waals surface area contributed by atoms with Crippen molar-refractivity contribution in [3.05, 3.63) is 94.2 Å². The molecule has 2 N–H and O–H groups in total. The first-order valence-corrected chi connectivity index (χ1v) is 9.86. The standard InChI is InChI=1S/C22H23NO3S/c24-12-13-26-20(19-11-14-27-16-19)15-23-22(25)21(17-7-3-1-4-8-17)18-9-5-2-6-10-18/h1-11,14,16,20-21,24H,12-13,15H2,(H,23,25). The molecule has 1 amide bonds. The zero-order valence-corrected chi connectivity index (χ0v) is 15.8. The van der Waals surface area contributed by atoms with Crippen LogP contribution in [-0.4, -0.2) is 30.8 Å². The molecule has 2 aromatic carbocycles. The maximum atomic E-state index is 13.1. The second kappa shape index (κ2) is 10.0. The fourth-order valence-electron chi connectivity index (χ4n) is 3.01. The summed E-state index contributed by atoms with van der Waals surface area (Å²) in [5, 5.41) is 16.1. The first kappa shape index (κ1) is 19.3. The van der Waals surface area contributed by atoms with Gasteiger partial charge in [0, 0.05) is 6.54 Å². The van der Waals surface area contributed by atoms with Gasteiger partial charge < -0.3 is 15.2 Å². The van der Waals surface area contributed by atoms with Gasteiger partial charge in [-0.05, 0) is 33.5 Å². The average molecular weight is 381 g/mol. The summed E-state index contributed by atoms with van der Waals surface area (Å²) >= 11 is 1.58. The molecule has 0 aliphatic rings. The fourth-order valence-corrected chi connectivity index (χ4v) is 3.71. The molecule has 0 spiro atoms. The highest BCUT2D eigenvalue weighted by Gasteiger charge is 2.23. The summed E-state index contributed by atoms with van der Waals surface area (Å²) < 4.78 is 5.72. The number of amides is 1. The van der Waals surface area contributed by atoms with E-state index in [0.717, 1.165) is 16.7 Å². The van der Waals surface area contributed by atoms with E-state index in [0.29, 0.717) is 6.54 Å². The number of aliphatic hydroxyl groups is 1. The number of nitrogens with one attached hydrogen (secondary N) is 1. The van der Waals surface area contributed by atoms with Crippen molar-refractivity contribution in [3.8, 4) is 0 Å². The SMILES string of the molecule is O=C(NCC(OCCO)c1ccsc1)C(c1ccccc1)c1ccccc1. The molecule has 27 heavy (non-hydrogen) atoms. The number of hydrogen-bond acceptors (Lipinski definition) is 4. The topological polar surface area (TPSA) is 58.6 Å². The number of rotatable bonds is 9. The summed E-state index contributed by atoms with van der Waals surface area (Å²) in [6, 6.07) is 21.5. The Kier molecular flexibility index (Phi) is 7.16. The van der Waals surface area contributed by atoms with Crippen LogP contribution < -0.4 is 5.32 Å². The van der Waals surface area contributed by atoms with Crippen LogP contribution in [0.5, 0.6) is 0 Å². The van der Waals surface area contributed by atoms with Crippen molar-refractivity contribution in [3.63, 3.8) is 0 Å². The van der Waals surface area contributed by atoms with E-state index in [1.807, 2.05) is 77.5 Å². The largest absolute Gasteiger partial charge is 0.394 e. The molecule has 0 saturated carbocycles. The van der Waals surface area contributed by atoms with Gasteiger partial charge in [0.25, 0.3) is 0 Å². The van der Waals surface area contributed by atoms with E-state index in [9.17, 15) is 4.79 Å². The van der Waals surface area contributed by atoms with E-state index >= 15 is 0 Å². The first-order valence-electron chi connectivity index (χ1n) is 8.91. The third-order valence-corrected chi connectivity index (χ3v) is 5.02. The van der Waals surface area contributed by atoms with E-state index < -0.39 is 0 Å². The summed E-state index contributed by atoms with van der Waals surface area (Å²) in [5.74, 6) is -0.450. The molecule has 1 heterocycles. The van der Waals surface area contributed by atoms with Crippen LogP contribution in [-0.2, 0) is 9.53 Å². The summed E-state index contributed by atoms with van der Waals surface area (Å²) in [4.78, 5) is 13.1. The number of carbonyl (C=O) groups is 1. The van der Waals surface area contributed by atoms with Gasteiger partial charge in [0.2, 0.25) is 5.91 Å². The van der Waals surface area contributed by atoms with Gasteiger partial charge >= 0.3 is 0 Å². The molecule has 4 nitrogen and oxygen atoms in total. The van der Waals surface area contributed by atoms with E-state index in [-0.39, 0.29) is 31.1 Å².